The first-order valence-electron chi connectivity index (χ1n) is 7.85. The largest absolute Gasteiger partial charge is 0.478 e. The predicted molar refractivity (Wildman–Crippen MR) is 99.3 cm³/mol. The van der Waals surface area contributed by atoms with Crippen LogP contribution in [0, 0.1) is 0 Å². The maximum atomic E-state index is 5.42. The van der Waals surface area contributed by atoms with E-state index in [1.165, 1.54) is 11.3 Å². The molecule has 0 atom stereocenters. The molecule has 124 valence electrons. The molecule has 4 aromatic heterocycles. The molecule has 0 saturated heterocycles. The van der Waals surface area contributed by atoms with E-state index in [0.29, 0.717) is 12.5 Å². The molecular formula is C18H15N5OS. The van der Waals surface area contributed by atoms with Crippen LogP contribution in [0.3, 0.4) is 0 Å². The summed E-state index contributed by atoms with van der Waals surface area (Å²) in [6.45, 7) is 2.53. The smallest absolute Gasteiger partial charge is 0.213 e. The molecule has 0 fully saturated rings. The molecule has 0 spiro atoms. The van der Waals surface area contributed by atoms with E-state index in [1.807, 2.05) is 48.7 Å². The van der Waals surface area contributed by atoms with E-state index >= 15 is 0 Å². The van der Waals surface area contributed by atoms with Gasteiger partial charge in [0.1, 0.15) is 5.82 Å². The fourth-order valence-corrected chi connectivity index (χ4v) is 2.93. The van der Waals surface area contributed by atoms with Gasteiger partial charge in [-0.15, -0.1) is 11.3 Å². The number of thiazole rings is 1. The molecule has 0 saturated carbocycles. The summed E-state index contributed by atoms with van der Waals surface area (Å²) in [7, 11) is 0. The van der Waals surface area contributed by atoms with Crippen LogP contribution in [0.2, 0.25) is 0 Å². The van der Waals surface area contributed by atoms with Crippen molar-refractivity contribution >= 4 is 33.3 Å². The van der Waals surface area contributed by atoms with Crippen LogP contribution in [0.4, 0.5) is 10.9 Å². The maximum absolute atomic E-state index is 5.42. The molecule has 25 heavy (non-hydrogen) atoms. The van der Waals surface area contributed by atoms with E-state index in [-0.39, 0.29) is 0 Å². The standard InChI is InChI=1S/C18H15N5OS/c1-2-24-17-8-6-14-15(22-17)5-4-13(21-14)12-3-7-16(20-11-12)23-18-19-9-10-25-18/h3-11H,2H2,1H3,(H,19,20,23). The molecular weight excluding hydrogens is 334 g/mol. The van der Waals surface area contributed by atoms with Crippen molar-refractivity contribution < 1.29 is 4.74 Å². The van der Waals surface area contributed by atoms with Gasteiger partial charge in [0, 0.05) is 29.4 Å². The molecule has 0 amide bonds. The van der Waals surface area contributed by atoms with Gasteiger partial charge in [-0.1, -0.05) is 0 Å². The Bertz CT molecular complexity index is 986. The number of anilines is 2. The van der Waals surface area contributed by atoms with Crippen LogP contribution in [-0.2, 0) is 0 Å². The normalized spacial score (nSPS) is 10.8. The van der Waals surface area contributed by atoms with E-state index in [9.17, 15) is 0 Å². The summed E-state index contributed by atoms with van der Waals surface area (Å²) >= 11 is 1.53. The van der Waals surface area contributed by atoms with Gasteiger partial charge in [-0.25, -0.2) is 19.9 Å². The Morgan fingerprint density at radius 3 is 2.64 bits per heavy atom. The molecule has 0 aromatic carbocycles. The maximum Gasteiger partial charge on any atom is 0.213 e. The van der Waals surface area contributed by atoms with Crippen LogP contribution >= 0.6 is 11.3 Å². The number of hydrogen-bond donors (Lipinski definition) is 1. The van der Waals surface area contributed by atoms with Gasteiger partial charge in [0.15, 0.2) is 5.13 Å². The van der Waals surface area contributed by atoms with Crippen LogP contribution in [-0.4, -0.2) is 26.5 Å². The highest BCUT2D eigenvalue weighted by atomic mass is 32.1. The van der Waals surface area contributed by atoms with Crippen LogP contribution < -0.4 is 10.1 Å². The number of fused-ring (bicyclic) bond motifs is 1. The zero-order valence-electron chi connectivity index (χ0n) is 13.5. The summed E-state index contributed by atoms with van der Waals surface area (Å²) in [5, 5.41) is 5.90. The Kier molecular flexibility index (Phi) is 4.22. The van der Waals surface area contributed by atoms with Crippen molar-refractivity contribution in [1.82, 2.24) is 19.9 Å². The molecule has 0 bridgehead atoms. The fraction of sp³-hybridized carbons (Fsp3) is 0.111. The van der Waals surface area contributed by atoms with Crippen LogP contribution in [0.25, 0.3) is 22.3 Å². The molecule has 0 radical (unpaired) electrons. The summed E-state index contributed by atoms with van der Waals surface area (Å²) in [5.74, 6) is 1.37. The minimum absolute atomic E-state index is 0.594. The Balaban J connectivity index is 1.59. The molecule has 4 heterocycles. The number of ether oxygens (including phenoxy) is 1. The van der Waals surface area contributed by atoms with Crippen LogP contribution in [0.1, 0.15) is 6.92 Å². The third kappa shape index (κ3) is 3.41. The van der Waals surface area contributed by atoms with Gasteiger partial charge in [0.05, 0.1) is 23.3 Å². The monoisotopic (exact) mass is 349 g/mol. The first-order chi connectivity index (χ1) is 12.3. The van der Waals surface area contributed by atoms with E-state index in [1.54, 1.807) is 12.4 Å². The number of nitrogens with one attached hydrogen (secondary N) is 1. The van der Waals surface area contributed by atoms with Gasteiger partial charge >= 0.3 is 0 Å². The van der Waals surface area contributed by atoms with Gasteiger partial charge in [0.25, 0.3) is 0 Å². The Hall–Kier alpha value is -3.06. The van der Waals surface area contributed by atoms with Crippen molar-refractivity contribution in [3.8, 4) is 17.1 Å². The van der Waals surface area contributed by atoms with Crippen molar-refractivity contribution in [2.75, 3.05) is 11.9 Å². The molecule has 4 rings (SSSR count). The fourth-order valence-electron chi connectivity index (χ4n) is 2.39. The SMILES string of the molecule is CCOc1ccc2nc(-c3ccc(Nc4nccs4)nc3)ccc2n1. The number of rotatable bonds is 5. The first-order valence-corrected chi connectivity index (χ1v) is 8.73. The van der Waals surface area contributed by atoms with Gasteiger partial charge < -0.3 is 10.1 Å². The van der Waals surface area contributed by atoms with Crippen molar-refractivity contribution in [3.63, 3.8) is 0 Å². The topological polar surface area (TPSA) is 72.8 Å². The zero-order chi connectivity index (χ0) is 17.1. The van der Waals surface area contributed by atoms with Crippen LogP contribution in [0.5, 0.6) is 5.88 Å². The summed E-state index contributed by atoms with van der Waals surface area (Å²) in [4.78, 5) is 17.7. The number of hydrogen-bond acceptors (Lipinski definition) is 7. The predicted octanol–water partition coefficient (Wildman–Crippen LogP) is 4.29. The van der Waals surface area contributed by atoms with Gasteiger partial charge in [-0.2, -0.15) is 0 Å². The average Bonchev–Trinajstić information content (AvgIpc) is 3.15. The summed E-state index contributed by atoms with van der Waals surface area (Å²) in [5.41, 5.74) is 3.43. The summed E-state index contributed by atoms with van der Waals surface area (Å²) < 4.78 is 5.42. The lowest BCUT2D eigenvalue weighted by molar-refractivity contribution is 0.328. The second kappa shape index (κ2) is 6.82. The van der Waals surface area contributed by atoms with Crippen molar-refractivity contribution in [2.45, 2.75) is 6.92 Å². The molecule has 1 N–H and O–H groups in total. The number of pyridine rings is 3. The highest BCUT2D eigenvalue weighted by molar-refractivity contribution is 7.13. The second-order valence-electron chi connectivity index (χ2n) is 5.21. The number of aromatic nitrogens is 4. The molecule has 0 unspecified atom stereocenters. The van der Waals surface area contributed by atoms with Crippen molar-refractivity contribution in [2.24, 2.45) is 0 Å². The lowest BCUT2D eigenvalue weighted by atomic mass is 10.1. The Labute approximate surface area is 148 Å². The first kappa shape index (κ1) is 15.5. The Morgan fingerprint density at radius 2 is 1.88 bits per heavy atom. The summed E-state index contributed by atoms with van der Waals surface area (Å²) in [6.07, 6.45) is 3.55. The molecule has 4 aromatic rings. The quantitative estimate of drug-likeness (QED) is 0.579. The number of nitrogens with zero attached hydrogens (tertiary/aromatic N) is 4. The van der Waals surface area contributed by atoms with Crippen molar-refractivity contribution in [1.29, 1.82) is 0 Å². The average molecular weight is 349 g/mol. The molecule has 6 nitrogen and oxygen atoms in total. The summed E-state index contributed by atoms with van der Waals surface area (Å²) in [6, 6.07) is 11.5. The highest BCUT2D eigenvalue weighted by Crippen LogP contribution is 2.23. The molecule has 0 aliphatic rings. The van der Waals surface area contributed by atoms with Crippen LogP contribution in [0.15, 0.2) is 54.2 Å². The molecule has 0 aliphatic heterocycles. The molecule has 0 aliphatic carbocycles. The Morgan fingerprint density at radius 1 is 1.00 bits per heavy atom. The zero-order valence-corrected chi connectivity index (χ0v) is 14.3. The highest BCUT2D eigenvalue weighted by Gasteiger charge is 2.05. The second-order valence-corrected chi connectivity index (χ2v) is 6.11. The van der Waals surface area contributed by atoms with Gasteiger partial charge in [0.2, 0.25) is 5.88 Å². The van der Waals surface area contributed by atoms with E-state index in [0.717, 1.165) is 33.2 Å². The van der Waals surface area contributed by atoms with E-state index < -0.39 is 0 Å². The minimum atomic E-state index is 0.594. The van der Waals surface area contributed by atoms with Gasteiger partial charge in [-0.05, 0) is 37.3 Å². The van der Waals surface area contributed by atoms with Gasteiger partial charge in [-0.3, -0.25) is 0 Å². The van der Waals surface area contributed by atoms with Crippen molar-refractivity contribution in [3.05, 3.63) is 54.2 Å². The third-order valence-corrected chi connectivity index (χ3v) is 4.22. The van der Waals surface area contributed by atoms with E-state index in [4.69, 9.17) is 4.74 Å². The van der Waals surface area contributed by atoms with E-state index in [2.05, 4.69) is 25.3 Å². The lowest BCUT2D eigenvalue weighted by Gasteiger charge is -2.06. The minimum Gasteiger partial charge on any atom is -0.478 e. The third-order valence-electron chi connectivity index (χ3n) is 3.54. The lowest BCUT2D eigenvalue weighted by Crippen LogP contribution is -1.96. The molecule has 7 heteroatoms.